The maximum atomic E-state index is 2.47. The van der Waals surface area contributed by atoms with Crippen LogP contribution in [0.4, 0.5) is 0 Å². The van der Waals surface area contributed by atoms with Gasteiger partial charge >= 0.3 is 0 Å². The zero-order valence-corrected chi connectivity index (χ0v) is 11.9. The molecule has 0 radical (unpaired) electrons. The molecule has 0 heteroatoms. The van der Waals surface area contributed by atoms with E-state index in [1.807, 2.05) is 0 Å². The Balaban J connectivity index is 1.84. The summed E-state index contributed by atoms with van der Waals surface area (Å²) >= 11 is 0. The van der Waals surface area contributed by atoms with Gasteiger partial charge in [0.25, 0.3) is 0 Å². The van der Waals surface area contributed by atoms with Crippen molar-refractivity contribution >= 4 is 0 Å². The molecule has 18 heavy (non-hydrogen) atoms. The third kappa shape index (κ3) is 3.73. The Hall–Kier alpha value is -1.04. The van der Waals surface area contributed by atoms with Crippen LogP contribution in [0.1, 0.15) is 62.5 Å². The first-order chi connectivity index (χ1) is 8.79. The van der Waals surface area contributed by atoms with Gasteiger partial charge in [0.2, 0.25) is 0 Å². The van der Waals surface area contributed by atoms with Crippen LogP contribution in [0.25, 0.3) is 0 Å². The maximum absolute atomic E-state index is 2.47. The molecule has 0 saturated heterocycles. The largest absolute Gasteiger partial charge is 0.0883 e. The van der Waals surface area contributed by atoms with E-state index in [4.69, 9.17) is 0 Å². The number of unbranched alkanes of at least 4 members (excludes halogenated alkanes) is 1. The average molecular weight is 242 g/mol. The van der Waals surface area contributed by atoms with Crippen LogP contribution in [0.2, 0.25) is 0 Å². The van der Waals surface area contributed by atoms with E-state index in [1.54, 1.807) is 5.56 Å². The van der Waals surface area contributed by atoms with Crippen molar-refractivity contribution in [3.63, 3.8) is 0 Å². The number of aryl methyl sites for hydroxylation is 1. The molecule has 0 heterocycles. The van der Waals surface area contributed by atoms with Crippen molar-refractivity contribution in [3.05, 3.63) is 47.5 Å². The molecule has 98 valence electrons. The lowest BCUT2D eigenvalue weighted by molar-refractivity contribution is 0.375. The molecule has 0 aliphatic heterocycles. The highest BCUT2D eigenvalue weighted by atomic mass is 14.2. The van der Waals surface area contributed by atoms with Gasteiger partial charge in [0.05, 0.1) is 0 Å². The first kappa shape index (κ1) is 13.4. The van der Waals surface area contributed by atoms with Crippen LogP contribution in [0.15, 0.2) is 36.4 Å². The second-order valence-electron chi connectivity index (χ2n) is 5.74. The molecular weight excluding hydrogens is 216 g/mol. The average Bonchev–Trinajstić information content (AvgIpc) is 2.41. The summed E-state index contributed by atoms with van der Waals surface area (Å²) in [4.78, 5) is 0. The normalized spacial score (nSPS) is 24.6. The second kappa shape index (κ2) is 6.78. The van der Waals surface area contributed by atoms with Gasteiger partial charge in [-0.05, 0) is 56.4 Å². The smallest absolute Gasteiger partial charge is 0.0162 e. The van der Waals surface area contributed by atoms with Crippen molar-refractivity contribution in [1.29, 1.82) is 0 Å². The molecule has 2 rings (SSSR count). The van der Waals surface area contributed by atoms with Crippen LogP contribution in [-0.4, -0.2) is 0 Å². The predicted octanol–water partition coefficient (Wildman–Crippen LogP) is 5.63. The van der Waals surface area contributed by atoms with E-state index >= 15 is 0 Å². The van der Waals surface area contributed by atoms with Gasteiger partial charge in [-0.3, -0.25) is 0 Å². The Morgan fingerprint density at radius 1 is 1.06 bits per heavy atom. The van der Waals surface area contributed by atoms with Crippen molar-refractivity contribution in [2.75, 3.05) is 0 Å². The molecule has 1 fully saturated rings. The molecule has 1 aromatic rings. The molecule has 0 atom stereocenters. The summed E-state index contributed by atoms with van der Waals surface area (Å²) in [6.07, 6.45) is 12.9. The Bertz CT molecular complexity index is 364. The van der Waals surface area contributed by atoms with Crippen LogP contribution in [0.5, 0.6) is 0 Å². The molecule has 0 N–H and O–H groups in total. The Labute approximate surface area is 112 Å². The molecule has 0 nitrogen and oxygen atoms in total. The van der Waals surface area contributed by atoms with Crippen molar-refractivity contribution in [2.24, 2.45) is 5.92 Å². The van der Waals surface area contributed by atoms with E-state index in [0.717, 1.165) is 11.8 Å². The lowest BCUT2D eigenvalue weighted by Gasteiger charge is -2.27. The summed E-state index contributed by atoms with van der Waals surface area (Å²) in [5.74, 6) is 1.65. The first-order valence-electron chi connectivity index (χ1n) is 7.53. The molecule has 0 aromatic heterocycles. The molecule has 0 amide bonds. The number of benzene rings is 1. The Kier molecular flexibility index (Phi) is 5.04. The standard InChI is InChI=1S/C18H26/c1-3-4-5-6-16-9-13-18(14-10-16)17-11-7-15(2)8-12-17/h5-8,11-12,16,18H,3-4,9-10,13-14H2,1-2H3/b6-5+. The number of hydrogen-bond acceptors (Lipinski definition) is 0. The summed E-state index contributed by atoms with van der Waals surface area (Å²) in [6.45, 7) is 4.41. The fourth-order valence-corrected chi connectivity index (χ4v) is 2.94. The minimum Gasteiger partial charge on any atom is -0.0883 e. The van der Waals surface area contributed by atoms with E-state index in [2.05, 4.69) is 50.3 Å². The van der Waals surface area contributed by atoms with Gasteiger partial charge in [0.15, 0.2) is 0 Å². The number of hydrogen-bond donors (Lipinski definition) is 0. The number of rotatable bonds is 4. The first-order valence-corrected chi connectivity index (χ1v) is 7.53. The third-order valence-electron chi connectivity index (χ3n) is 4.18. The Morgan fingerprint density at radius 2 is 1.72 bits per heavy atom. The predicted molar refractivity (Wildman–Crippen MR) is 79.9 cm³/mol. The third-order valence-corrected chi connectivity index (χ3v) is 4.18. The van der Waals surface area contributed by atoms with Gasteiger partial charge in [-0.1, -0.05) is 55.3 Å². The lowest BCUT2D eigenvalue weighted by atomic mass is 9.78. The number of allylic oxidation sites excluding steroid dienone is 2. The molecule has 0 unspecified atom stereocenters. The highest BCUT2D eigenvalue weighted by Crippen LogP contribution is 2.36. The minimum absolute atomic E-state index is 0.807. The van der Waals surface area contributed by atoms with Crippen LogP contribution in [-0.2, 0) is 0 Å². The van der Waals surface area contributed by atoms with E-state index in [1.165, 1.54) is 44.1 Å². The zero-order chi connectivity index (χ0) is 12.8. The fraction of sp³-hybridized carbons (Fsp3) is 0.556. The molecule has 1 aliphatic rings. The van der Waals surface area contributed by atoms with Gasteiger partial charge in [-0.15, -0.1) is 0 Å². The molecular formula is C18H26. The molecule has 1 aromatic carbocycles. The summed E-state index contributed by atoms with van der Waals surface area (Å²) in [6, 6.07) is 9.16. The topological polar surface area (TPSA) is 0 Å². The van der Waals surface area contributed by atoms with Gasteiger partial charge < -0.3 is 0 Å². The van der Waals surface area contributed by atoms with Crippen molar-refractivity contribution < 1.29 is 0 Å². The van der Waals surface area contributed by atoms with E-state index in [-0.39, 0.29) is 0 Å². The second-order valence-corrected chi connectivity index (χ2v) is 5.74. The summed E-state index contributed by atoms with van der Waals surface area (Å²) in [5.41, 5.74) is 2.92. The van der Waals surface area contributed by atoms with Gasteiger partial charge in [-0.2, -0.15) is 0 Å². The monoisotopic (exact) mass is 242 g/mol. The summed E-state index contributed by atoms with van der Waals surface area (Å²) in [7, 11) is 0. The van der Waals surface area contributed by atoms with Crippen LogP contribution >= 0.6 is 0 Å². The van der Waals surface area contributed by atoms with Gasteiger partial charge in [-0.25, -0.2) is 0 Å². The zero-order valence-electron chi connectivity index (χ0n) is 11.9. The molecule has 1 aliphatic carbocycles. The van der Waals surface area contributed by atoms with Gasteiger partial charge in [0, 0.05) is 0 Å². The van der Waals surface area contributed by atoms with E-state index in [0.29, 0.717) is 0 Å². The highest BCUT2D eigenvalue weighted by Gasteiger charge is 2.20. The minimum atomic E-state index is 0.807. The van der Waals surface area contributed by atoms with E-state index < -0.39 is 0 Å². The lowest BCUT2D eigenvalue weighted by Crippen LogP contribution is -2.11. The quantitative estimate of drug-likeness (QED) is 0.601. The van der Waals surface area contributed by atoms with Crippen molar-refractivity contribution in [3.8, 4) is 0 Å². The summed E-state index contributed by atoms with van der Waals surface area (Å²) < 4.78 is 0. The molecule has 0 spiro atoms. The molecule has 1 saturated carbocycles. The Morgan fingerprint density at radius 3 is 2.33 bits per heavy atom. The summed E-state index contributed by atoms with van der Waals surface area (Å²) in [5, 5.41) is 0. The van der Waals surface area contributed by atoms with Crippen molar-refractivity contribution in [2.45, 2.75) is 58.3 Å². The van der Waals surface area contributed by atoms with Crippen LogP contribution < -0.4 is 0 Å². The SMILES string of the molecule is CCC/C=C/C1CCC(c2ccc(C)cc2)CC1. The van der Waals surface area contributed by atoms with Crippen molar-refractivity contribution in [1.82, 2.24) is 0 Å². The van der Waals surface area contributed by atoms with Crippen LogP contribution in [0, 0.1) is 12.8 Å². The highest BCUT2D eigenvalue weighted by molar-refractivity contribution is 5.25. The van der Waals surface area contributed by atoms with Crippen LogP contribution in [0.3, 0.4) is 0 Å². The fourth-order valence-electron chi connectivity index (χ4n) is 2.94. The van der Waals surface area contributed by atoms with Gasteiger partial charge in [0.1, 0.15) is 0 Å². The molecule has 0 bridgehead atoms. The maximum Gasteiger partial charge on any atom is -0.0162 e. The van der Waals surface area contributed by atoms with E-state index in [9.17, 15) is 0 Å².